The molecule has 0 unspecified atom stereocenters. The number of nitrogen functional groups attached to an aromatic ring is 1. The van der Waals surface area contributed by atoms with Crippen molar-refractivity contribution in [2.45, 2.75) is 45.4 Å². The zero-order chi connectivity index (χ0) is 16.0. The molecule has 3 N–H and O–H groups in total. The summed E-state index contributed by atoms with van der Waals surface area (Å²) in [5.74, 6) is 2.46. The van der Waals surface area contributed by atoms with Crippen LogP contribution in [0.25, 0.3) is 0 Å². The van der Waals surface area contributed by atoms with Crippen molar-refractivity contribution >= 4 is 17.3 Å². The van der Waals surface area contributed by atoms with Gasteiger partial charge in [-0.25, -0.2) is 5.43 Å². The number of carbonyl (C=O) groups excluding carboxylic acids is 1. The van der Waals surface area contributed by atoms with Crippen molar-refractivity contribution in [2.75, 3.05) is 5.73 Å². The lowest BCUT2D eigenvalue weighted by Crippen LogP contribution is -2.52. The number of anilines is 1. The topological polar surface area (TPSA) is 67.5 Å². The first-order chi connectivity index (χ1) is 11.0. The number of hydrazone groups is 1. The molecule has 4 bridgehead atoms. The molecule has 4 fully saturated rings. The number of nitrogens with two attached hydrogens (primary N) is 1. The van der Waals surface area contributed by atoms with E-state index in [-0.39, 0.29) is 11.3 Å². The summed E-state index contributed by atoms with van der Waals surface area (Å²) in [5, 5.41) is 4.36. The van der Waals surface area contributed by atoms with Gasteiger partial charge in [0.25, 0.3) is 0 Å². The molecule has 4 heteroatoms. The summed E-state index contributed by atoms with van der Waals surface area (Å²) in [4.78, 5) is 12.8. The molecule has 0 aromatic heterocycles. The first-order valence-corrected chi connectivity index (χ1v) is 8.75. The van der Waals surface area contributed by atoms with E-state index in [0.717, 1.165) is 54.0 Å². The van der Waals surface area contributed by atoms with Gasteiger partial charge >= 0.3 is 0 Å². The van der Waals surface area contributed by atoms with E-state index in [1.165, 1.54) is 19.3 Å². The first-order valence-electron chi connectivity index (χ1n) is 8.75. The minimum atomic E-state index is -0.139. The molecule has 1 aromatic rings. The third-order valence-electron chi connectivity index (χ3n) is 6.17. The van der Waals surface area contributed by atoms with E-state index in [4.69, 9.17) is 5.73 Å². The number of benzene rings is 1. The Morgan fingerprint density at radius 2 is 1.61 bits per heavy atom. The molecule has 23 heavy (non-hydrogen) atoms. The minimum Gasteiger partial charge on any atom is -0.399 e. The second-order valence-electron chi connectivity index (χ2n) is 7.96. The van der Waals surface area contributed by atoms with Gasteiger partial charge in [-0.15, -0.1) is 0 Å². The molecule has 0 saturated heterocycles. The molecule has 1 aromatic carbocycles. The summed E-state index contributed by atoms with van der Waals surface area (Å²) >= 11 is 0. The Kier molecular flexibility index (Phi) is 3.43. The van der Waals surface area contributed by atoms with Crippen molar-refractivity contribution in [1.82, 2.24) is 5.43 Å². The molecule has 4 aliphatic rings. The Morgan fingerprint density at radius 1 is 1.09 bits per heavy atom. The third-order valence-corrected chi connectivity index (χ3v) is 6.17. The maximum absolute atomic E-state index is 12.8. The number of nitrogens with zero attached hydrogens (tertiary/aromatic N) is 1. The molecule has 4 nitrogen and oxygen atoms in total. The van der Waals surface area contributed by atoms with Gasteiger partial charge in [0.1, 0.15) is 0 Å². The Balaban J connectivity index is 1.47. The van der Waals surface area contributed by atoms with E-state index in [1.54, 1.807) is 0 Å². The van der Waals surface area contributed by atoms with Crippen LogP contribution in [0.5, 0.6) is 0 Å². The fraction of sp³-hybridized carbons (Fsp3) is 0.579. The summed E-state index contributed by atoms with van der Waals surface area (Å²) < 4.78 is 0. The van der Waals surface area contributed by atoms with E-state index in [0.29, 0.717) is 0 Å². The lowest BCUT2D eigenvalue weighted by molar-refractivity contribution is -0.146. The van der Waals surface area contributed by atoms with Crippen LogP contribution in [0.15, 0.2) is 29.4 Å². The van der Waals surface area contributed by atoms with Gasteiger partial charge in [0, 0.05) is 5.69 Å². The van der Waals surface area contributed by atoms with Gasteiger partial charge in [-0.2, -0.15) is 5.10 Å². The van der Waals surface area contributed by atoms with Crippen LogP contribution in [-0.2, 0) is 4.79 Å². The van der Waals surface area contributed by atoms with Crippen LogP contribution >= 0.6 is 0 Å². The summed E-state index contributed by atoms with van der Waals surface area (Å²) in [6.07, 6.45) is 7.25. The highest BCUT2D eigenvalue weighted by atomic mass is 16.2. The summed E-state index contributed by atoms with van der Waals surface area (Å²) in [6, 6.07) is 7.58. The molecule has 5 rings (SSSR count). The third kappa shape index (κ3) is 2.64. The monoisotopic (exact) mass is 311 g/mol. The van der Waals surface area contributed by atoms with Crippen molar-refractivity contribution in [3.8, 4) is 0 Å². The minimum absolute atomic E-state index is 0.139. The molecular formula is C19H25N3O. The molecule has 122 valence electrons. The Bertz CT molecular complexity index is 612. The van der Waals surface area contributed by atoms with Gasteiger partial charge in [0.15, 0.2) is 0 Å². The molecule has 0 aliphatic heterocycles. The van der Waals surface area contributed by atoms with Crippen LogP contribution in [0.2, 0.25) is 0 Å². The number of nitrogens with one attached hydrogen (secondary N) is 1. The first kappa shape index (κ1) is 14.7. The molecule has 1 amide bonds. The normalized spacial score (nSPS) is 35.3. The molecule has 0 heterocycles. The average molecular weight is 311 g/mol. The van der Waals surface area contributed by atoms with Crippen LogP contribution in [0, 0.1) is 23.2 Å². The number of hydrogen-bond donors (Lipinski definition) is 2. The highest BCUT2D eigenvalue weighted by molar-refractivity contribution is 5.99. The number of carbonyl (C=O) groups is 1. The van der Waals surface area contributed by atoms with Crippen molar-refractivity contribution < 1.29 is 4.79 Å². The lowest BCUT2D eigenvalue weighted by Gasteiger charge is -2.55. The van der Waals surface area contributed by atoms with Crippen molar-refractivity contribution in [2.24, 2.45) is 28.3 Å². The molecule has 4 aliphatic carbocycles. The zero-order valence-electron chi connectivity index (χ0n) is 13.7. The largest absolute Gasteiger partial charge is 0.399 e. The van der Waals surface area contributed by atoms with Crippen molar-refractivity contribution in [1.29, 1.82) is 0 Å². The van der Waals surface area contributed by atoms with Crippen molar-refractivity contribution in [3.05, 3.63) is 29.8 Å². The Labute approximate surface area is 137 Å². The van der Waals surface area contributed by atoms with Gasteiger partial charge in [0.2, 0.25) is 5.91 Å². The predicted molar refractivity (Wildman–Crippen MR) is 91.8 cm³/mol. The van der Waals surface area contributed by atoms with Crippen molar-refractivity contribution in [3.63, 3.8) is 0 Å². The number of rotatable bonds is 3. The number of hydrogen-bond acceptors (Lipinski definition) is 3. The van der Waals surface area contributed by atoms with E-state index in [9.17, 15) is 4.79 Å². The SMILES string of the molecule is C/C(=N\NC(=O)C12CC3CC(CC(C3)C1)C2)c1ccc(N)cc1. The van der Waals surface area contributed by atoms with Gasteiger partial charge < -0.3 is 5.73 Å². The number of amides is 1. The maximum atomic E-state index is 12.8. The van der Waals surface area contributed by atoms with Gasteiger partial charge in [-0.3, -0.25) is 4.79 Å². The van der Waals surface area contributed by atoms with E-state index in [1.807, 2.05) is 31.2 Å². The summed E-state index contributed by atoms with van der Waals surface area (Å²) in [6.45, 7) is 1.92. The maximum Gasteiger partial charge on any atom is 0.246 e. The fourth-order valence-electron chi connectivity index (χ4n) is 5.43. The van der Waals surface area contributed by atoms with Gasteiger partial charge in [-0.1, -0.05) is 12.1 Å². The quantitative estimate of drug-likeness (QED) is 0.511. The average Bonchev–Trinajstić information content (AvgIpc) is 2.51. The molecular weight excluding hydrogens is 286 g/mol. The van der Waals surface area contributed by atoms with E-state index < -0.39 is 0 Å². The Morgan fingerprint density at radius 3 is 2.13 bits per heavy atom. The van der Waals surface area contributed by atoms with Crippen LogP contribution in [0.4, 0.5) is 5.69 Å². The van der Waals surface area contributed by atoms with E-state index >= 15 is 0 Å². The standard InChI is InChI=1S/C19H25N3O/c1-12(16-2-4-17(20)5-3-16)21-22-18(23)19-9-13-6-14(10-19)8-15(7-13)11-19/h2-5,13-15H,6-11,20H2,1H3,(H,22,23)/b21-12+. The van der Waals surface area contributed by atoms with Crippen LogP contribution in [-0.4, -0.2) is 11.6 Å². The Hall–Kier alpha value is -1.84. The lowest BCUT2D eigenvalue weighted by atomic mass is 9.49. The summed E-state index contributed by atoms with van der Waals surface area (Å²) in [7, 11) is 0. The zero-order valence-corrected chi connectivity index (χ0v) is 13.7. The molecule has 4 saturated carbocycles. The highest BCUT2D eigenvalue weighted by Gasteiger charge is 2.54. The van der Waals surface area contributed by atoms with Gasteiger partial charge in [-0.05, 0) is 80.9 Å². The highest BCUT2D eigenvalue weighted by Crippen LogP contribution is 2.60. The smallest absolute Gasteiger partial charge is 0.246 e. The van der Waals surface area contributed by atoms with Crippen LogP contribution < -0.4 is 11.2 Å². The van der Waals surface area contributed by atoms with Gasteiger partial charge in [0.05, 0.1) is 11.1 Å². The fourth-order valence-corrected chi connectivity index (χ4v) is 5.43. The summed E-state index contributed by atoms with van der Waals surface area (Å²) in [5.41, 5.74) is 11.0. The van der Waals surface area contributed by atoms with E-state index in [2.05, 4.69) is 10.5 Å². The predicted octanol–water partition coefficient (Wildman–Crippen LogP) is 3.33. The molecule has 0 atom stereocenters. The van der Waals surface area contributed by atoms with Crippen LogP contribution in [0.3, 0.4) is 0 Å². The molecule has 0 spiro atoms. The van der Waals surface area contributed by atoms with Crippen LogP contribution in [0.1, 0.15) is 51.0 Å². The molecule has 0 radical (unpaired) electrons. The second-order valence-corrected chi connectivity index (χ2v) is 7.96. The second kappa shape index (κ2) is 5.36.